The van der Waals surface area contributed by atoms with Gasteiger partial charge in [-0.1, -0.05) is 0 Å². The lowest BCUT2D eigenvalue weighted by molar-refractivity contribution is -0.143. The standard InChI is InChI=1S/C24H24F6N2O6/c1-12-5-17(16-9-19(36-2)20(37-3)10-18(16)32(12)21(33)34)31(22(35)38-4)11-13-6-14(23(25,26)27)8-15(7-13)24(28,29)30/h6-10,12,17H,5,11H2,1-4H3,(H,33,34)/t12-,17+/m1/s1. The second-order valence-electron chi connectivity index (χ2n) is 8.53. The predicted octanol–water partition coefficient (Wildman–Crippen LogP) is 6.33. The number of alkyl halides is 6. The van der Waals surface area contributed by atoms with Crippen LogP contribution in [0.1, 0.15) is 41.6 Å². The Labute approximate surface area is 213 Å². The summed E-state index contributed by atoms with van der Waals surface area (Å²) in [6.07, 6.45) is -12.6. The maximum atomic E-state index is 13.4. The molecule has 1 aliphatic rings. The Morgan fingerprint density at radius 3 is 1.92 bits per heavy atom. The van der Waals surface area contributed by atoms with Crippen LogP contribution in [0.15, 0.2) is 30.3 Å². The fourth-order valence-electron chi connectivity index (χ4n) is 4.47. The van der Waals surface area contributed by atoms with E-state index < -0.39 is 59.9 Å². The molecule has 3 rings (SSSR count). The highest BCUT2D eigenvalue weighted by Gasteiger charge is 2.41. The SMILES string of the molecule is COC(=O)N(Cc1cc(C(F)(F)F)cc(C(F)(F)F)c1)[C@H]1C[C@@H](C)N(C(=O)O)c2cc(OC)c(OC)cc21. The molecular weight excluding hydrogens is 526 g/mol. The largest absolute Gasteiger partial charge is 0.493 e. The molecule has 0 unspecified atom stereocenters. The summed E-state index contributed by atoms with van der Waals surface area (Å²) >= 11 is 0. The molecule has 0 saturated heterocycles. The first-order valence-corrected chi connectivity index (χ1v) is 11.0. The summed E-state index contributed by atoms with van der Waals surface area (Å²) in [6, 6.07) is 2.06. The van der Waals surface area contributed by atoms with E-state index in [9.17, 15) is 41.0 Å². The van der Waals surface area contributed by atoms with Gasteiger partial charge in [-0.05, 0) is 43.2 Å². The molecule has 2 amide bonds. The molecule has 0 bridgehead atoms. The number of hydrogen-bond donors (Lipinski definition) is 1. The Kier molecular flexibility index (Phi) is 7.94. The molecule has 0 aromatic heterocycles. The van der Waals surface area contributed by atoms with Crippen molar-refractivity contribution in [2.75, 3.05) is 26.2 Å². The summed E-state index contributed by atoms with van der Waals surface area (Å²) in [4.78, 5) is 26.9. The van der Waals surface area contributed by atoms with Crippen LogP contribution >= 0.6 is 0 Å². The van der Waals surface area contributed by atoms with E-state index in [-0.39, 0.29) is 35.2 Å². The van der Waals surface area contributed by atoms with Gasteiger partial charge >= 0.3 is 24.5 Å². The number of rotatable bonds is 5. The molecule has 0 spiro atoms. The van der Waals surface area contributed by atoms with Gasteiger partial charge in [-0.15, -0.1) is 0 Å². The zero-order chi connectivity index (χ0) is 28.6. The van der Waals surface area contributed by atoms with Gasteiger partial charge in [0.2, 0.25) is 0 Å². The van der Waals surface area contributed by atoms with Crippen LogP contribution in [0, 0.1) is 0 Å². The van der Waals surface area contributed by atoms with Gasteiger partial charge in [0.1, 0.15) is 0 Å². The average Bonchev–Trinajstić information content (AvgIpc) is 2.84. The number of halogens is 6. The van der Waals surface area contributed by atoms with Crippen LogP contribution in [0.3, 0.4) is 0 Å². The number of anilines is 1. The van der Waals surface area contributed by atoms with E-state index in [0.29, 0.717) is 12.1 Å². The van der Waals surface area contributed by atoms with Crippen LogP contribution in [0.25, 0.3) is 0 Å². The molecule has 14 heteroatoms. The second kappa shape index (κ2) is 10.5. The Hall–Kier alpha value is -3.84. The van der Waals surface area contributed by atoms with E-state index in [1.54, 1.807) is 6.92 Å². The van der Waals surface area contributed by atoms with Gasteiger partial charge in [-0.25, -0.2) is 9.59 Å². The smallest absolute Gasteiger partial charge is 0.416 e. The lowest BCUT2D eigenvalue weighted by atomic mass is 9.90. The van der Waals surface area contributed by atoms with E-state index >= 15 is 0 Å². The topological polar surface area (TPSA) is 88.5 Å². The number of carbonyl (C=O) groups is 2. The van der Waals surface area contributed by atoms with Crippen LogP contribution in [-0.2, 0) is 23.6 Å². The molecule has 1 aliphatic heterocycles. The highest BCUT2D eigenvalue weighted by atomic mass is 19.4. The van der Waals surface area contributed by atoms with E-state index in [4.69, 9.17) is 14.2 Å². The van der Waals surface area contributed by atoms with Crippen LogP contribution in [0.4, 0.5) is 41.6 Å². The molecule has 8 nitrogen and oxygen atoms in total. The van der Waals surface area contributed by atoms with E-state index in [1.807, 2.05) is 0 Å². The fraction of sp³-hybridized carbons (Fsp3) is 0.417. The number of fused-ring (bicyclic) bond motifs is 1. The maximum absolute atomic E-state index is 13.4. The number of methoxy groups -OCH3 is 3. The molecule has 38 heavy (non-hydrogen) atoms. The van der Waals surface area contributed by atoms with Crippen LogP contribution in [0.2, 0.25) is 0 Å². The Balaban J connectivity index is 2.20. The van der Waals surface area contributed by atoms with Crippen LogP contribution in [0.5, 0.6) is 11.5 Å². The first-order valence-electron chi connectivity index (χ1n) is 11.0. The summed E-state index contributed by atoms with van der Waals surface area (Å²) in [5.74, 6) is 0.335. The van der Waals surface area contributed by atoms with Gasteiger partial charge in [0.25, 0.3) is 0 Å². The van der Waals surface area contributed by atoms with Gasteiger partial charge in [-0.2, -0.15) is 26.3 Å². The number of ether oxygens (including phenoxy) is 3. The summed E-state index contributed by atoms with van der Waals surface area (Å²) in [7, 11) is 3.65. The highest BCUT2D eigenvalue weighted by Crippen LogP contribution is 2.46. The molecular formula is C24H24F6N2O6. The number of hydrogen-bond acceptors (Lipinski definition) is 5. The maximum Gasteiger partial charge on any atom is 0.416 e. The number of carboxylic acid groups (broad SMARTS) is 1. The van der Waals surface area contributed by atoms with Crippen molar-refractivity contribution in [3.05, 3.63) is 52.6 Å². The third-order valence-electron chi connectivity index (χ3n) is 6.15. The summed E-state index contributed by atoms with van der Waals surface area (Å²) < 4.78 is 95.8. The zero-order valence-corrected chi connectivity index (χ0v) is 20.6. The molecule has 0 radical (unpaired) electrons. The predicted molar refractivity (Wildman–Crippen MR) is 121 cm³/mol. The van der Waals surface area contributed by atoms with Crippen molar-refractivity contribution in [3.8, 4) is 11.5 Å². The summed E-state index contributed by atoms with van der Waals surface area (Å²) in [5, 5.41) is 9.81. The minimum Gasteiger partial charge on any atom is -0.493 e. The Morgan fingerprint density at radius 1 is 0.947 bits per heavy atom. The lowest BCUT2D eigenvalue weighted by Gasteiger charge is -2.42. The van der Waals surface area contributed by atoms with Gasteiger partial charge in [0.05, 0.1) is 44.2 Å². The minimum absolute atomic E-state index is 0.00809. The normalized spacial score (nSPS) is 17.5. The molecule has 208 valence electrons. The van der Waals surface area contributed by atoms with E-state index in [0.717, 1.165) is 16.9 Å². The van der Waals surface area contributed by atoms with Gasteiger partial charge in [0, 0.05) is 24.2 Å². The Morgan fingerprint density at radius 2 is 1.47 bits per heavy atom. The van der Waals surface area contributed by atoms with E-state index in [1.165, 1.54) is 26.4 Å². The zero-order valence-electron chi connectivity index (χ0n) is 20.6. The van der Waals surface area contributed by atoms with E-state index in [2.05, 4.69) is 0 Å². The summed E-state index contributed by atoms with van der Waals surface area (Å²) in [6.45, 7) is 0.847. The molecule has 2 aromatic rings. The average molecular weight is 550 g/mol. The molecule has 0 fully saturated rings. The monoisotopic (exact) mass is 550 g/mol. The first-order chi connectivity index (χ1) is 17.6. The van der Waals surface area contributed by atoms with Gasteiger partial charge in [-0.3, -0.25) is 9.80 Å². The number of nitrogens with zero attached hydrogens (tertiary/aromatic N) is 2. The molecule has 1 N–H and O–H groups in total. The number of amides is 2. The molecule has 1 heterocycles. The van der Waals surface area contributed by atoms with Crippen molar-refractivity contribution < 1.29 is 55.2 Å². The van der Waals surface area contributed by atoms with Gasteiger partial charge < -0.3 is 19.3 Å². The second-order valence-corrected chi connectivity index (χ2v) is 8.53. The number of benzene rings is 2. The molecule has 2 aromatic carbocycles. The molecule has 0 saturated carbocycles. The van der Waals surface area contributed by atoms with Gasteiger partial charge in [0.15, 0.2) is 11.5 Å². The number of carbonyl (C=O) groups excluding carboxylic acids is 1. The molecule has 2 atom stereocenters. The van der Waals surface area contributed by atoms with Crippen molar-refractivity contribution in [3.63, 3.8) is 0 Å². The first kappa shape index (κ1) is 28.7. The fourth-order valence-corrected chi connectivity index (χ4v) is 4.47. The van der Waals surface area contributed by atoms with Crippen LogP contribution < -0.4 is 14.4 Å². The third-order valence-corrected chi connectivity index (χ3v) is 6.15. The van der Waals surface area contributed by atoms with Crippen molar-refractivity contribution in [1.29, 1.82) is 0 Å². The highest BCUT2D eigenvalue weighted by molar-refractivity contribution is 5.90. The lowest BCUT2D eigenvalue weighted by Crippen LogP contribution is -2.47. The minimum atomic E-state index is -5.08. The van der Waals surface area contributed by atoms with Crippen molar-refractivity contribution in [2.45, 2.75) is 44.3 Å². The third kappa shape index (κ3) is 5.68. The van der Waals surface area contributed by atoms with Crippen molar-refractivity contribution in [1.82, 2.24) is 4.90 Å². The summed E-state index contributed by atoms with van der Waals surface area (Å²) in [5.41, 5.74) is -3.20. The quantitative estimate of drug-likeness (QED) is 0.438. The molecule has 0 aliphatic carbocycles. The van der Waals surface area contributed by atoms with Crippen LogP contribution in [-0.4, -0.2) is 49.6 Å². The van der Waals surface area contributed by atoms with Crippen molar-refractivity contribution in [2.24, 2.45) is 0 Å². The Bertz CT molecular complexity index is 1180. The van der Waals surface area contributed by atoms with Crippen molar-refractivity contribution >= 4 is 17.9 Å².